The van der Waals surface area contributed by atoms with Gasteiger partial charge in [-0.3, -0.25) is 4.79 Å². The zero-order valence-electron chi connectivity index (χ0n) is 15.6. The molecule has 0 saturated heterocycles. The molecule has 2 aromatic carbocycles. The zero-order valence-corrected chi connectivity index (χ0v) is 16.4. The fraction of sp³-hybridized carbons (Fsp3) is 0.227. The Morgan fingerprint density at radius 2 is 1.83 bits per heavy atom. The van der Waals surface area contributed by atoms with Crippen molar-refractivity contribution in [2.24, 2.45) is 0 Å². The standard InChI is InChI=1S/C22H19F2NO3S/c23-18-6-3-15(12-19(18)24)4-8-22(26)25(14-17-2-1-11-29-17)16-5-7-20-21(13-16)28-10-9-27-20/h1-3,5-7,11-13H,4,8-10,14H2. The maximum absolute atomic E-state index is 13.4. The molecule has 0 bridgehead atoms. The Morgan fingerprint density at radius 1 is 1.00 bits per heavy atom. The normalized spacial score (nSPS) is 12.6. The van der Waals surface area contributed by atoms with Crippen LogP contribution in [0.25, 0.3) is 0 Å². The smallest absolute Gasteiger partial charge is 0.227 e. The molecule has 0 radical (unpaired) electrons. The van der Waals surface area contributed by atoms with Crippen LogP contribution in [0.2, 0.25) is 0 Å². The minimum Gasteiger partial charge on any atom is -0.486 e. The number of hydrogen-bond acceptors (Lipinski definition) is 4. The highest BCUT2D eigenvalue weighted by molar-refractivity contribution is 7.09. The number of benzene rings is 2. The summed E-state index contributed by atoms with van der Waals surface area (Å²) in [4.78, 5) is 15.8. The molecule has 0 atom stereocenters. The lowest BCUT2D eigenvalue weighted by Crippen LogP contribution is -2.30. The van der Waals surface area contributed by atoms with Crippen LogP contribution >= 0.6 is 11.3 Å². The number of hydrogen-bond donors (Lipinski definition) is 0. The number of ether oxygens (including phenoxy) is 2. The van der Waals surface area contributed by atoms with E-state index in [1.54, 1.807) is 28.4 Å². The van der Waals surface area contributed by atoms with Gasteiger partial charge in [0.1, 0.15) is 13.2 Å². The van der Waals surface area contributed by atoms with Gasteiger partial charge in [0.25, 0.3) is 0 Å². The van der Waals surface area contributed by atoms with E-state index in [9.17, 15) is 13.6 Å². The Morgan fingerprint density at radius 3 is 2.59 bits per heavy atom. The first kappa shape index (κ1) is 19.4. The number of amides is 1. The van der Waals surface area contributed by atoms with Crippen LogP contribution in [0.5, 0.6) is 11.5 Å². The van der Waals surface area contributed by atoms with Gasteiger partial charge < -0.3 is 14.4 Å². The van der Waals surface area contributed by atoms with Crippen LogP contribution < -0.4 is 14.4 Å². The maximum Gasteiger partial charge on any atom is 0.227 e. The molecule has 29 heavy (non-hydrogen) atoms. The molecule has 1 aromatic heterocycles. The largest absolute Gasteiger partial charge is 0.486 e. The van der Waals surface area contributed by atoms with E-state index in [1.165, 1.54) is 6.07 Å². The van der Waals surface area contributed by atoms with Crippen LogP contribution in [0, 0.1) is 11.6 Å². The summed E-state index contributed by atoms with van der Waals surface area (Å²) in [6, 6.07) is 13.1. The highest BCUT2D eigenvalue weighted by atomic mass is 32.1. The minimum atomic E-state index is -0.905. The molecule has 0 spiro atoms. The molecule has 2 heterocycles. The van der Waals surface area contributed by atoms with Crippen molar-refractivity contribution >= 4 is 22.9 Å². The Kier molecular flexibility index (Phi) is 5.76. The Balaban J connectivity index is 1.54. The van der Waals surface area contributed by atoms with E-state index >= 15 is 0 Å². The number of carbonyl (C=O) groups excluding carboxylic acids is 1. The second-order valence-corrected chi connectivity index (χ2v) is 7.67. The lowest BCUT2D eigenvalue weighted by Gasteiger charge is -2.25. The first-order valence-corrected chi connectivity index (χ1v) is 10.1. The summed E-state index contributed by atoms with van der Waals surface area (Å²) in [5.74, 6) is -0.642. The number of thiophene rings is 1. The molecule has 1 aliphatic rings. The van der Waals surface area contributed by atoms with Crippen LogP contribution in [0.3, 0.4) is 0 Å². The summed E-state index contributed by atoms with van der Waals surface area (Å²) in [6.45, 7) is 1.39. The summed E-state index contributed by atoms with van der Waals surface area (Å²) in [7, 11) is 0. The first-order chi connectivity index (χ1) is 14.1. The van der Waals surface area contributed by atoms with E-state index in [-0.39, 0.29) is 12.3 Å². The number of fused-ring (bicyclic) bond motifs is 1. The summed E-state index contributed by atoms with van der Waals surface area (Å²) in [6.07, 6.45) is 0.492. The summed E-state index contributed by atoms with van der Waals surface area (Å²) >= 11 is 1.57. The van der Waals surface area contributed by atoms with Crippen molar-refractivity contribution in [3.05, 3.63) is 76.0 Å². The van der Waals surface area contributed by atoms with Gasteiger partial charge in [-0.05, 0) is 47.7 Å². The summed E-state index contributed by atoms with van der Waals surface area (Å²) in [5.41, 5.74) is 1.29. The van der Waals surface area contributed by atoms with Crippen molar-refractivity contribution in [3.63, 3.8) is 0 Å². The molecule has 1 aliphatic heterocycles. The predicted octanol–water partition coefficient (Wildman–Crippen LogP) is 4.96. The van der Waals surface area contributed by atoms with Gasteiger partial charge in [0.15, 0.2) is 23.1 Å². The van der Waals surface area contributed by atoms with Crippen LogP contribution in [-0.2, 0) is 17.8 Å². The molecule has 4 rings (SSSR count). The monoisotopic (exact) mass is 415 g/mol. The summed E-state index contributed by atoms with van der Waals surface area (Å²) < 4.78 is 37.8. The molecular weight excluding hydrogens is 396 g/mol. The lowest BCUT2D eigenvalue weighted by molar-refractivity contribution is -0.118. The van der Waals surface area contributed by atoms with Gasteiger partial charge >= 0.3 is 0 Å². The number of halogens is 2. The third-order valence-corrected chi connectivity index (χ3v) is 5.51. The third kappa shape index (κ3) is 4.56. The second kappa shape index (κ2) is 8.61. The Bertz CT molecular complexity index is 1010. The topological polar surface area (TPSA) is 38.8 Å². The van der Waals surface area contributed by atoms with Gasteiger partial charge in [-0.1, -0.05) is 12.1 Å². The van der Waals surface area contributed by atoms with Crippen LogP contribution in [0.15, 0.2) is 53.9 Å². The minimum absolute atomic E-state index is 0.111. The van der Waals surface area contributed by atoms with Crippen molar-refractivity contribution in [1.29, 1.82) is 0 Å². The molecule has 0 aliphatic carbocycles. The molecule has 3 aromatic rings. The maximum atomic E-state index is 13.4. The highest BCUT2D eigenvalue weighted by Gasteiger charge is 2.20. The molecule has 0 unspecified atom stereocenters. The molecule has 7 heteroatoms. The highest BCUT2D eigenvalue weighted by Crippen LogP contribution is 2.35. The van der Waals surface area contributed by atoms with Crippen molar-refractivity contribution in [2.75, 3.05) is 18.1 Å². The SMILES string of the molecule is O=C(CCc1ccc(F)c(F)c1)N(Cc1cccs1)c1ccc2c(c1)OCCO2. The molecule has 0 N–H and O–H groups in total. The van der Waals surface area contributed by atoms with E-state index in [1.807, 2.05) is 23.6 Å². The first-order valence-electron chi connectivity index (χ1n) is 9.26. The molecule has 0 saturated carbocycles. The number of rotatable bonds is 6. The average Bonchev–Trinajstić information content (AvgIpc) is 3.25. The zero-order chi connectivity index (χ0) is 20.2. The lowest BCUT2D eigenvalue weighted by atomic mass is 10.1. The van der Waals surface area contributed by atoms with Crippen LogP contribution in [0.1, 0.15) is 16.9 Å². The quantitative estimate of drug-likeness (QED) is 0.571. The number of anilines is 1. The third-order valence-electron chi connectivity index (χ3n) is 4.64. The second-order valence-electron chi connectivity index (χ2n) is 6.64. The van der Waals surface area contributed by atoms with Gasteiger partial charge in [0, 0.05) is 23.1 Å². The molecule has 1 amide bonds. The van der Waals surface area contributed by atoms with E-state index in [0.717, 1.165) is 17.0 Å². The molecule has 4 nitrogen and oxygen atoms in total. The Labute approximate surface area is 171 Å². The average molecular weight is 415 g/mol. The van der Waals surface area contributed by atoms with Crippen molar-refractivity contribution in [2.45, 2.75) is 19.4 Å². The van der Waals surface area contributed by atoms with E-state index in [0.29, 0.717) is 48.9 Å². The number of carbonyl (C=O) groups is 1. The van der Waals surface area contributed by atoms with E-state index in [4.69, 9.17) is 9.47 Å². The van der Waals surface area contributed by atoms with Crippen molar-refractivity contribution in [3.8, 4) is 11.5 Å². The van der Waals surface area contributed by atoms with Gasteiger partial charge in [-0.2, -0.15) is 0 Å². The van der Waals surface area contributed by atoms with Gasteiger partial charge in [0.2, 0.25) is 5.91 Å². The van der Waals surface area contributed by atoms with Crippen LogP contribution in [0.4, 0.5) is 14.5 Å². The van der Waals surface area contributed by atoms with E-state index < -0.39 is 11.6 Å². The van der Waals surface area contributed by atoms with Crippen LogP contribution in [-0.4, -0.2) is 19.1 Å². The fourth-order valence-electron chi connectivity index (χ4n) is 3.16. The van der Waals surface area contributed by atoms with E-state index in [2.05, 4.69) is 0 Å². The number of aryl methyl sites for hydroxylation is 1. The van der Waals surface area contributed by atoms with Gasteiger partial charge in [0.05, 0.1) is 6.54 Å². The molecule has 150 valence electrons. The fourth-order valence-corrected chi connectivity index (χ4v) is 3.86. The van der Waals surface area contributed by atoms with Gasteiger partial charge in [-0.25, -0.2) is 8.78 Å². The summed E-state index contributed by atoms with van der Waals surface area (Å²) in [5, 5.41) is 1.96. The Hall–Kier alpha value is -2.93. The number of nitrogens with zero attached hydrogens (tertiary/aromatic N) is 1. The predicted molar refractivity (Wildman–Crippen MR) is 108 cm³/mol. The van der Waals surface area contributed by atoms with Gasteiger partial charge in [-0.15, -0.1) is 11.3 Å². The molecular formula is C22H19F2NO3S. The van der Waals surface area contributed by atoms with Crippen molar-refractivity contribution < 1.29 is 23.0 Å². The van der Waals surface area contributed by atoms with Crippen molar-refractivity contribution in [1.82, 2.24) is 0 Å². The molecule has 0 fully saturated rings.